The number of ether oxygens (including phenoxy) is 1. The fourth-order valence-corrected chi connectivity index (χ4v) is 4.01. The molecule has 0 unspecified atom stereocenters. The zero-order valence-electron chi connectivity index (χ0n) is 19.6. The standard InChI is InChI=1S/C26H28FN3O3/c1-25(2,3)30-19-11-7-10-18(27)21(19)23(28-24(30)31)29-15-8-16-33-22-17(9-6-12-20(22)29)13-14-26(4,5)32/h6-7,9-12,32H,8,15-16H2,1-5H3. The number of aliphatic hydroxyl groups is 1. The average molecular weight is 450 g/mol. The third-order valence-electron chi connectivity index (χ3n) is 5.34. The number of nitrogens with zero attached hydrogens (tertiary/aromatic N) is 3. The SMILES string of the molecule is CC(C)(O)C#Cc1cccc2c1OCCCN2c1nc(=O)n(C(C)(C)C)c2cccc(F)c12. The molecule has 3 aromatic rings. The van der Waals surface area contributed by atoms with Gasteiger partial charge >= 0.3 is 5.69 Å². The Kier molecular flexibility index (Phi) is 5.67. The van der Waals surface area contributed by atoms with Crippen LogP contribution in [-0.2, 0) is 5.54 Å². The number of aromatic nitrogens is 2. The van der Waals surface area contributed by atoms with Gasteiger partial charge in [-0.25, -0.2) is 9.18 Å². The first-order chi connectivity index (χ1) is 15.5. The van der Waals surface area contributed by atoms with Crippen molar-refractivity contribution in [3.63, 3.8) is 0 Å². The monoisotopic (exact) mass is 449 g/mol. The molecule has 2 heterocycles. The van der Waals surface area contributed by atoms with Crippen LogP contribution < -0.4 is 15.3 Å². The molecule has 6 nitrogen and oxygen atoms in total. The van der Waals surface area contributed by atoms with Crippen LogP contribution in [0.4, 0.5) is 15.9 Å². The summed E-state index contributed by atoms with van der Waals surface area (Å²) in [7, 11) is 0. The van der Waals surface area contributed by atoms with Gasteiger partial charge in [-0.1, -0.05) is 24.0 Å². The van der Waals surface area contributed by atoms with Gasteiger partial charge in [0.05, 0.1) is 28.8 Å². The van der Waals surface area contributed by atoms with E-state index in [2.05, 4.69) is 16.8 Å². The third-order valence-corrected chi connectivity index (χ3v) is 5.34. The Balaban J connectivity index is 2.00. The van der Waals surface area contributed by atoms with Crippen LogP contribution in [0.1, 0.15) is 46.6 Å². The maximum absolute atomic E-state index is 15.2. The molecular weight excluding hydrogens is 421 g/mol. The number of halogens is 1. The van der Waals surface area contributed by atoms with Crippen molar-refractivity contribution in [3.05, 3.63) is 58.3 Å². The second-order valence-electron chi connectivity index (χ2n) is 9.67. The number of benzene rings is 2. The molecule has 1 N–H and O–H groups in total. The van der Waals surface area contributed by atoms with Crippen LogP contribution in [0.2, 0.25) is 0 Å². The van der Waals surface area contributed by atoms with Crippen molar-refractivity contribution in [1.29, 1.82) is 0 Å². The summed E-state index contributed by atoms with van der Waals surface area (Å²) >= 11 is 0. The van der Waals surface area contributed by atoms with E-state index in [9.17, 15) is 9.90 Å². The molecule has 0 fully saturated rings. The molecule has 0 saturated carbocycles. The fourth-order valence-electron chi connectivity index (χ4n) is 4.01. The van der Waals surface area contributed by atoms with E-state index in [1.165, 1.54) is 10.6 Å². The zero-order valence-corrected chi connectivity index (χ0v) is 19.6. The lowest BCUT2D eigenvalue weighted by atomic mass is 10.1. The molecule has 0 amide bonds. The van der Waals surface area contributed by atoms with Crippen LogP contribution in [0.15, 0.2) is 41.2 Å². The summed E-state index contributed by atoms with van der Waals surface area (Å²) in [4.78, 5) is 19.4. The van der Waals surface area contributed by atoms with E-state index in [-0.39, 0.29) is 11.2 Å². The smallest absolute Gasteiger partial charge is 0.350 e. The van der Waals surface area contributed by atoms with E-state index in [0.717, 1.165) is 0 Å². The molecule has 0 spiro atoms. The van der Waals surface area contributed by atoms with E-state index in [1.54, 1.807) is 26.0 Å². The largest absolute Gasteiger partial charge is 0.490 e. The summed E-state index contributed by atoms with van der Waals surface area (Å²) in [5.41, 5.74) is -0.434. The number of hydrogen-bond acceptors (Lipinski definition) is 5. The molecule has 4 rings (SSSR count). The molecule has 1 aromatic heterocycles. The van der Waals surface area contributed by atoms with Gasteiger partial charge < -0.3 is 14.7 Å². The summed E-state index contributed by atoms with van der Waals surface area (Å²) < 4.78 is 22.8. The molecule has 33 heavy (non-hydrogen) atoms. The highest BCUT2D eigenvalue weighted by Gasteiger charge is 2.28. The Hall–Kier alpha value is -3.37. The van der Waals surface area contributed by atoms with Gasteiger partial charge in [-0.05, 0) is 65.3 Å². The Morgan fingerprint density at radius 3 is 2.55 bits per heavy atom. The molecule has 1 aliphatic heterocycles. The maximum atomic E-state index is 15.2. The Bertz CT molecular complexity index is 1340. The van der Waals surface area contributed by atoms with Crippen molar-refractivity contribution in [1.82, 2.24) is 9.55 Å². The van der Waals surface area contributed by atoms with Crippen molar-refractivity contribution < 1.29 is 14.2 Å². The summed E-state index contributed by atoms with van der Waals surface area (Å²) in [6.07, 6.45) is 0.646. The second-order valence-corrected chi connectivity index (χ2v) is 9.67. The Labute approximate surface area is 192 Å². The lowest BCUT2D eigenvalue weighted by Gasteiger charge is -2.28. The summed E-state index contributed by atoms with van der Waals surface area (Å²) in [6, 6.07) is 10.2. The predicted molar refractivity (Wildman–Crippen MR) is 128 cm³/mol. The van der Waals surface area contributed by atoms with Gasteiger partial charge in [0.15, 0.2) is 11.6 Å². The lowest BCUT2D eigenvalue weighted by Crippen LogP contribution is -2.37. The number of para-hydroxylation sites is 1. The Morgan fingerprint density at radius 2 is 1.85 bits per heavy atom. The highest BCUT2D eigenvalue weighted by atomic mass is 19.1. The van der Waals surface area contributed by atoms with Crippen LogP contribution >= 0.6 is 0 Å². The predicted octanol–water partition coefficient (Wildman–Crippen LogP) is 4.33. The highest BCUT2D eigenvalue weighted by Crippen LogP contribution is 2.40. The van der Waals surface area contributed by atoms with Crippen LogP contribution in [0.5, 0.6) is 5.75 Å². The first-order valence-electron chi connectivity index (χ1n) is 11.0. The maximum Gasteiger partial charge on any atom is 0.350 e. The minimum atomic E-state index is -1.16. The minimum absolute atomic E-state index is 0.257. The van der Waals surface area contributed by atoms with Gasteiger partial charge in [0.2, 0.25) is 0 Å². The molecule has 0 aliphatic carbocycles. The van der Waals surface area contributed by atoms with Gasteiger partial charge in [-0.3, -0.25) is 4.57 Å². The van der Waals surface area contributed by atoms with Gasteiger partial charge in [-0.15, -0.1) is 0 Å². The van der Waals surface area contributed by atoms with E-state index < -0.39 is 22.6 Å². The first kappa shape index (κ1) is 22.8. The number of rotatable bonds is 1. The van der Waals surface area contributed by atoms with Crippen molar-refractivity contribution >= 4 is 22.4 Å². The van der Waals surface area contributed by atoms with Crippen LogP contribution in [-0.4, -0.2) is 33.4 Å². The molecule has 0 bridgehead atoms. The molecule has 1 aliphatic rings. The summed E-state index contributed by atoms with van der Waals surface area (Å²) in [6.45, 7) is 9.82. The molecule has 0 radical (unpaired) electrons. The zero-order chi connectivity index (χ0) is 24.0. The molecule has 2 aromatic carbocycles. The molecule has 0 atom stereocenters. The van der Waals surface area contributed by atoms with Crippen LogP contribution in [0, 0.1) is 17.7 Å². The van der Waals surface area contributed by atoms with Crippen molar-refractivity contribution in [3.8, 4) is 17.6 Å². The molecular formula is C26H28FN3O3. The number of fused-ring (bicyclic) bond motifs is 2. The van der Waals surface area contributed by atoms with Gasteiger partial charge in [0, 0.05) is 12.1 Å². The summed E-state index contributed by atoms with van der Waals surface area (Å²) in [5, 5.41) is 10.3. The van der Waals surface area contributed by atoms with Crippen molar-refractivity contribution in [2.24, 2.45) is 0 Å². The normalized spacial score (nSPS) is 14.2. The van der Waals surface area contributed by atoms with E-state index >= 15 is 4.39 Å². The lowest BCUT2D eigenvalue weighted by molar-refractivity contribution is 0.143. The minimum Gasteiger partial charge on any atom is -0.490 e. The van der Waals surface area contributed by atoms with Gasteiger partial charge in [0.1, 0.15) is 11.4 Å². The Morgan fingerprint density at radius 1 is 1.12 bits per heavy atom. The first-order valence-corrected chi connectivity index (χ1v) is 11.0. The fraction of sp³-hybridized carbons (Fsp3) is 0.385. The van der Waals surface area contributed by atoms with Gasteiger partial charge in [-0.2, -0.15) is 4.98 Å². The summed E-state index contributed by atoms with van der Waals surface area (Å²) in [5.74, 6) is 6.14. The highest BCUT2D eigenvalue weighted by molar-refractivity contribution is 5.93. The number of anilines is 2. The average Bonchev–Trinajstić information content (AvgIpc) is 2.93. The number of hydrogen-bond donors (Lipinski definition) is 1. The van der Waals surface area contributed by atoms with Crippen LogP contribution in [0.25, 0.3) is 10.9 Å². The van der Waals surface area contributed by atoms with Crippen LogP contribution in [0.3, 0.4) is 0 Å². The van der Waals surface area contributed by atoms with E-state index in [4.69, 9.17) is 4.74 Å². The molecule has 7 heteroatoms. The van der Waals surface area contributed by atoms with Gasteiger partial charge in [0.25, 0.3) is 0 Å². The van der Waals surface area contributed by atoms with E-state index in [0.29, 0.717) is 42.1 Å². The topological polar surface area (TPSA) is 67.6 Å². The quantitative estimate of drug-likeness (QED) is 0.560. The second kappa shape index (κ2) is 8.20. The van der Waals surface area contributed by atoms with E-state index in [1.807, 2.05) is 43.9 Å². The third kappa shape index (κ3) is 4.44. The van der Waals surface area contributed by atoms with Crippen molar-refractivity contribution in [2.75, 3.05) is 18.1 Å². The van der Waals surface area contributed by atoms with Crippen molar-refractivity contribution in [2.45, 2.75) is 52.2 Å². The molecule has 0 saturated heterocycles. The molecule has 172 valence electrons.